The Labute approximate surface area is 139 Å². The van der Waals surface area contributed by atoms with Crippen LogP contribution >= 0.6 is 22.9 Å². The lowest BCUT2D eigenvalue weighted by atomic mass is 9.49. The van der Waals surface area contributed by atoms with Gasteiger partial charge in [0.15, 0.2) is 0 Å². The zero-order valence-electron chi connectivity index (χ0n) is 12.0. The fourth-order valence-electron chi connectivity index (χ4n) is 5.11. The van der Waals surface area contributed by atoms with Crippen molar-refractivity contribution in [3.8, 4) is 0 Å². The molecular weight excluding hydrogens is 342 g/mol. The molecule has 5 rings (SSSR count). The van der Waals surface area contributed by atoms with Crippen LogP contribution in [0.5, 0.6) is 0 Å². The monoisotopic (exact) mass is 359 g/mol. The molecule has 4 bridgehead atoms. The van der Waals surface area contributed by atoms with Crippen molar-refractivity contribution in [3.05, 3.63) is 16.5 Å². The zero-order valence-corrected chi connectivity index (χ0v) is 14.4. The fourth-order valence-corrected chi connectivity index (χ4v) is 7.67. The number of halogens is 1. The van der Waals surface area contributed by atoms with Gasteiger partial charge in [-0.05, 0) is 68.4 Å². The third kappa shape index (κ3) is 2.39. The van der Waals surface area contributed by atoms with Gasteiger partial charge in [-0.1, -0.05) is 11.6 Å². The van der Waals surface area contributed by atoms with Crippen LogP contribution in [0.1, 0.15) is 38.5 Å². The molecule has 4 aliphatic rings. The average Bonchev–Trinajstić information content (AvgIpc) is 2.84. The molecule has 4 nitrogen and oxygen atoms in total. The minimum absolute atomic E-state index is 0.107. The standard InChI is InChI=1S/C15H18ClNO3S2/c16-12-1-2-13(21-12)22(19,20)17-14(18)15-6-9-3-10(7-15)5-11(4-9)8-15/h1-2,9-11H,3-8H2,(H,17,18). The molecule has 7 heteroatoms. The predicted molar refractivity (Wildman–Crippen MR) is 85.3 cm³/mol. The Morgan fingerprint density at radius 3 is 2.14 bits per heavy atom. The zero-order chi connectivity index (χ0) is 15.5. The van der Waals surface area contributed by atoms with E-state index in [2.05, 4.69) is 4.72 Å². The Kier molecular flexibility index (Phi) is 3.37. The first-order valence-corrected chi connectivity index (χ1v) is 10.4. The number of carbonyl (C=O) groups is 1. The van der Waals surface area contributed by atoms with Gasteiger partial charge in [-0.3, -0.25) is 4.79 Å². The van der Waals surface area contributed by atoms with Crippen LogP contribution in [0.2, 0.25) is 4.34 Å². The van der Waals surface area contributed by atoms with Gasteiger partial charge in [-0.15, -0.1) is 11.3 Å². The second kappa shape index (κ2) is 4.95. The molecule has 22 heavy (non-hydrogen) atoms. The third-order valence-electron chi connectivity index (χ3n) is 5.56. The van der Waals surface area contributed by atoms with Gasteiger partial charge in [0.25, 0.3) is 10.0 Å². The number of nitrogens with one attached hydrogen (secondary N) is 1. The number of hydrogen-bond donors (Lipinski definition) is 1. The van der Waals surface area contributed by atoms with Gasteiger partial charge < -0.3 is 0 Å². The molecule has 1 N–H and O–H groups in total. The molecule has 0 aliphatic heterocycles. The van der Waals surface area contributed by atoms with Crippen LogP contribution in [0.25, 0.3) is 0 Å². The van der Waals surface area contributed by atoms with E-state index in [0.717, 1.165) is 30.6 Å². The minimum Gasteiger partial charge on any atom is -0.273 e. The van der Waals surface area contributed by atoms with E-state index in [0.29, 0.717) is 22.1 Å². The molecule has 4 fully saturated rings. The van der Waals surface area contributed by atoms with Crippen LogP contribution < -0.4 is 4.72 Å². The van der Waals surface area contributed by atoms with E-state index >= 15 is 0 Å². The van der Waals surface area contributed by atoms with Crippen LogP contribution in [-0.4, -0.2) is 14.3 Å². The summed E-state index contributed by atoms with van der Waals surface area (Å²) in [5.41, 5.74) is -0.455. The van der Waals surface area contributed by atoms with Crippen molar-refractivity contribution in [2.45, 2.75) is 42.7 Å². The Morgan fingerprint density at radius 2 is 1.68 bits per heavy atom. The van der Waals surface area contributed by atoms with E-state index in [1.165, 1.54) is 31.4 Å². The molecular formula is C15H18ClNO3S2. The lowest BCUT2D eigenvalue weighted by molar-refractivity contribution is -0.144. The van der Waals surface area contributed by atoms with E-state index in [9.17, 15) is 13.2 Å². The highest BCUT2D eigenvalue weighted by molar-refractivity contribution is 7.92. The second-order valence-corrected chi connectivity index (χ2v) is 10.8. The summed E-state index contributed by atoms with van der Waals surface area (Å²) in [6.07, 6.45) is 6.22. The lowest BCUT2D eigenvalue weighted by Crippen LogP contribution is -2.54. The molecule has 1 aromatic heterocycles. The molecule has 120 valence electrons. The lowest BCUT2D eigenvalue weighted by Gasteiger charge is -2.55. The maximum Gasteiger partial charge on any atom is 0.273 e. The topological polar surface area (TPSA) is 63.2 Å². The number of amides is 1. The summed E-state index contributed by atoms with van der Waals surface area (Å²) in [7, 11) is -3.80. The predicted octanol–water partition coefficient (Wildman–Crippen LogP) is 3.42. The number of carbonyl (C=O) groups excluding carboxylic acids is 1. The molecule has 0 unspecified atom stereocenters. The molecule has 0 atom stereocenters. The summed E-state index contributed by atoms with van der Waals surface area (Å²) in [6.45, 7) is 0. The van der Waals surface area contributed by atoms with Crippen molar-refractivity contribution in [2.24, 2.45) is 23.2 Å². The van der Waals surface area contributed by atoms with Gasteiger partial charge in [0.2, 0.25) is 5.91 Å². The summed E-state index contributed by atoms with van der Waals surface area (Å²) in [5.74, 6) is 1.53. The molecule has 1 amide bonds. The number of sulfonamides is 1. The quantitative estimate of drug-likeness (QED) is 0.899. The summed E-state index contributed by atoms with van der Waals surface area (Å²) < 4.78 is 27.6. The molecule has 1 aromatic rings. The molecule has 0 radical (unpaired) electrons. The fraction of sp³-hybridized carbons (Fsp3) is 0.667. The van der Waals surface area contributed by atoms with Gasteiger partial charge in [-0.25, -0.2) is 13.1 Å². The first kappa shape index (κ1) is 15.0. The van der Waals surface area contributed by atoms with Crippen LogP contribution in [0, 0.1) is 23.2 Å². The maximum absolute atomic E-state index is 12.8. The SMILES string of the molecule is O=C(NS(=O)(=O)c1ccc(Cl)s1)C12CC3CC(CC(C3)C1)C2. The van der Waals surface area contributed by atoms with Crippen molar-refractivity contribution in [1.29, 1.82) is 0 Å². The van der Waals surface area contributed by atoms with Crippen molar-refractivity contribution in [2.75, 3.05) is 0 Å². The highest BCUT2D eigenvalue weighted by atomic mass is 35.5. The Balaban J connectivity index is 1.57. The number of hydrogen-bond acceptors (Lipinski definition) is 4. The van der Waals surface area contributed by atoms with Crippen LogP contribution in [0.15, 0.2) is 16.3 Å². The smallest absolute Gasteiger partial charge is 0.273 e. The third-order valence-corrected chi connectivity index (χ3v) is 8.61. The van der Waals surface area contributed by atoms with Gasteiger partial charge in [-0.2, -0.15) is 0 Å². The van der Waals surface area contributed by atoms with Gasteiger partial charge >= 0.3 is 0 Å². The number of thiophene rings is 1. The van der Waals surface area contributed by atoms with Crippen molar-refractivity contribution >= 4 is 38.9 Å². The Hall–Kier alpha value is -0.590. The molecule has 4 aliphatic carbocycles. The molecule has 1 heterocycles. The van der Waals surface area contributed by atoms with Gasteiger partial charge in [0.05, 0.1) is 9.75 Å². The normalized spacial score (nSPS) is 36.5. The number of rotatable bonds is 3. The van der Waals surface area contributed by atoms with E-state index in [1.54, 1.807) is 0 Å². The molecule has 0 saturated heterocycles. The maximum atomic E-state index is 12.8. The van der Waals surface area contributed by atoms with Gasteiger partial charge in [0.1, 0.15) is 4.21 Å². The van der Waals surface area contributed by atoms with Gasteiger partial charge in [0, 0.05) is 0 Å². The van der Waals surface area contributed by atoms with Crippen molar-refractivity contribution < 1.29 is 13.2 Å². The van der Waals surface area contributed by atoms with Crippen LogP contribution in [-0.2, 0) is 14.8 Å². The minimum atomic E-state index is -3.80. The van der Waals surface area contributed by atoms with E-state index < -0.39 is 15.4 Å². The highest BCUT2D eigenvalue weighted by Gasteiger charge is 2.55. The highest BCUT2D eigenvalue weighted by Crippen LogP contribution is 2.60. The van der Waals surface area contributed by atoms with E-state index in [-0.39, 0.29) is 10.1 Å². The molecule has 0 spiro atoms. The Bertz CT molecular complexity index is 690. The van der Waals surface area contributed by atoms with Crippen LogP contribution in [0.4, 0.5) is 0 Å². The Morgan fingerprint density at radius 1 is 1.14 bits per heavy atom. The van der Waals surface area contributed by atoms with Crippen molar-refractivity contribution in [1.82, 2.24) is 4.72 Å². The first-order chi connectivity index (χ1) is 10.4. The summed E-state index contributed by atoms with van der Waals surface area (Å²) in [5, 5.41) is 0. The summed E-state index contributed by atoms with van der Waals surface area (Å²) in [6, 6.07) is 2.98. The largest absolute Gasteiger partial charge is 0.273 e. The van der Waals surface area contributed by atoms with Crippen LogP contribution in [0.3, 0.4) is 0 Å². The van der Waals surface area contributed by atoms with E-state index in [1.807, 2.05) is 0 Å². The first-order valence-electron chi connectivity index (χ1n) is 7.69. The second-order valence-electron chi connectivity index (χ2n) is 7.19. The molecule has 0 aromatic carbocycles. The summed E-state index contributed by atoms with van der Waals surface area (Å²) >= 11 is 6.78. The summed E-state index contributed by atoms with van der Waals surface area (Å²) in [4.78, 5) is 12.8. The molecule has 4 saturated carbocycles. The average molecular weight is 360 g/mol. The van der Waals surface area contributed by atoms with E-state index in [4.69, 9.17) is 11.6 Å². The van der Waals surface area contributed by atoms with Crippen molar-refractivity contribution in [3.63, 3.8) is 0 Å².